The molecule has 9 heteroatoms. The van der Waals surface area contributed by atoms with Gasteiger partial charge in [-0.05, 0) is 24.3 Å². The quantitative estimate of drug-likeness (QED) is 0.588. The predicted molar refractivity (Wildman–Crippen MR) is 104 cm³/mol. The standard InChI is InChI=1S/C20H14O7S2/c1-27-12(10-17-19(21)13-6-2-4-8-15(13)28(17,23)24)11-18-20(22)14-7-3-5-9-16(14)29(18,25)26/h2-11,21H,1H3. The van der Waals surface area contributed by atoms with Crippen molar-refractivity contribution in [2.45, 2.75) is 9.79 Å². The highest BCUT2D eigenvalue weighted by Gasteiger charge is 2.39. The molecule has 2 aromatic carbocycles. The number of carbonyl (C=O) groups is 1. The van der Waals surface area contributed by atoms with Gasteiger partial charge in [-0.25, -0.2) is 16.8 Å². The molecule has 0 spiro atoms. The Morgan fingerprint density at radius 1 is 0.897 bits per heavy atom. The normalized spacial score (nSPS) is 20.7. The molecule has 0 saturated heterocycles. The molecule has 0 unspecified atom stereocenters. The van der Waals surface area contributed by atoms with Crippen molar-refractivity contribution in [2.24, 2.45) is 0 Å². The lowest BCUT2D eigenvalue weighted by molar-refractivity contribution is 0.104. The van der Waals surface area contributed by atoms with Crippen LogP contribution in [0.3, 0.4) is 0 Å². The smallest absolute Gasteiger partial charge is 0.211 e. The molecule has 0 amide bonds. The maximum atomic E-state index is 12.7. The molecule has 7 nitrogen and oxygen atoms in total. The monoisotopic (exact) mass is 430 g/mol. The molecular weight excluding hydrogens is 416 g/mol. The molecule has 0 bridgehead atoms. The van der Waals surface area contributed by atoms with E-state index in [1.54, 1.807) is 12.1 Å². The van der Waals surface area contributed by atoms with E-state index in [1.807, 2.05) is 0 Å². The van der Waals surface area contributed by atoms with E-state index in [0.29, 0.717) is 0 Å². The van der Waals surface area contributed by atoms with Crippen LogP contribution in [0.4, 0.5) is 0 Å². The van der Waals surface area contributed by atoms with Crippen LogP contribution in [0.15, 0.2) is 86.0 Å². The predicted octanol–water partition coefficient (Wildman–Crippen LogP) is 2.78. The van der Waals surface area contributed by atoms with Gasteiger partial charge in [-0.2, -0.15) is 0 Å². The summed E-state index contributed by atoms with van der Waals surface area (Å²) in [5.74, 6) is -1.39. The summed E-state index contributed by atoms with van der Waals surface area (Å²) in [6, 6.07) is 11.7. The molecule has 0 atom stereocenters. The average molecular weight is 430 g/mol. The number of allylic oxidation sites excluding steroid dienone is 3. The molecule has 2 aliphatic rings. The Kier molecular flexibility index (Phi) is 4.25. The molecule has 0 aliphatic carbocycles. The highest BCUT2D eigenvalue weighted by Crippen LogP contribution is 2.39. The minimum atomic E-state index is -4.07. The number of aliphatic hydroxyl groups excluding tert-OH is 1. The lowest BCUT2D eigenvalue weighted by Gasteiger charge is -2.04. The molecule has 0 radical (unpaired) electrons. The molecule has 2 aromatic rings. The summed E-state index contributed by atoms with van der Waals surface area (Å²) in [5, 5.41) is 10.4. The number of methoxy groups -OCH3 is 1. The van der Waals surface area contributed by atoms with Crippen LogP contribution < -0.4 is 0 Å². The first-order valence-corrected chi connectivity index (χ1v) is 11.3. The van der Waals surface area contributed by atoms with E-state index in [1.165, 1.54) is 43.5 Å². The number of benzene rings is 2. The Balaban J connectivity index is 1.86. The molecular formula is C20H14O7S2. The van der Waals surface area contributed by atoms with Gasteiger partial charge >= 0.3 is 0 Å². The number of carbonyl (C=O) groups excluding carboxylic acids is 1. The first-order valence-electron chi connectivity index (χ1n) is 8.33. The van der Waals surface area contributed by atoms with Crippen LogP contribution in [0.5, 0.6) is 0 Å². The molecule has 0 aromatic heterocycles. The van der Waals surface area contributed by atoms with E-state index < -0.39 is 41.0 Å². The topological polar surface area (TPSA) is 115 Å². The Morgan fingerprint density at radius 3 is 2.00 bits per heavy atom. The van der Waals surface area contributed by atoms with Crippen molar-refractivity contribution in [3.8, 4) is 0 Å². The summed E-state index contributed by atoms with van der Waals surface area (Å²) in [7, 11) is -6.89. The Morgan fingerprint density at radius 2 is 1.45 bits per heavy atom. The van der Waals surface area contributed by atoms with Crippen molar-refractivity contribution >= 4 is 31.2 Å². The van der Waals surface area contributed by atoms with E-state index >= 15 is 0 Å². The van der Waals surface area contributed by atoms with Crippen molar-refractivity contribution in [1.29, 1.82) is 0 Å². The summed E-state index contributed by atoms with van der Waals surface area (Å²) >= 11 is 0. The number of hydrogen-bond acceptors (Lipinski definition) is 7. The van der Waals surface area contributed by atoms with Crippen LogP contribution in [0.25, 0.3) is 5.76 Å². The molecule has 0 saturated carbocycles. The van der Waals surface area contributed by atoms with Crippen molar-refractivity contribution < 1.29 is 31.5 Å². The van der Waals surface area contributed by atoms with Crippen molar-refractivity contribution in [3.63, 3.8) is 0 Å². The summed E-state index contributed by atoms with van der Waals surface area (Å²) in [4.78, 5) is 11.4. The summed E-state index contributed by atoms with van der Waals surface area (Å²) in [6.07, 6.45) is 1.97. The molecule has 29 heavy (non-hydrogen) atoms. The van der Waals surface area contributed by atoms with Crippen LogP contribution in [0.1, 0.15) is 15.9 Å². The SMILES string of the molecule is COC(=CC1=C(O)c2ccccc2S1(=O)=O)C=C1C(=O)c2ccccc2S1(=O)=O. The number of rotatable bonds is 3. The van der Waals surface area contributed by atoms with E-state index in [4.69, 9.17) is 4.74 Å². The number of ether oxygens (including phenoxy) is 1. The zero-order valence-electron chi connectivity index (χ0n) is 15.0. The summed E-state index contributed by atoms with van der Waals surface area (Å²) < 4.78 is 56.0. The molecule has 2 heterocycles. The van der Waals surface area contributed by atoms with E-state index in [-0.39, 0.29) is 26.7 Å². The van der Waals surface area contributed by atoms with Gasteiger partial charge in [-0.1, -0.05) is 24.3 Å². The van der Waals surface area contributed by atoms with Gasteiger partial charge in [-0.15, -0.1) is 0 Å². The largest absolute Gasteiger partial charge is 0.506 e. The van der Waals surface area contributed by atoms with Crippen molar-refractivity contribution in [1.82, 2.24) is 0 Å². The third kappa shape index (κ3) is 2.73. The number of sulfone groups is 2. The first-order chi connectivity index (χ1) is 13.7. The number of hydrogen-bond donors (Lipinski definition) is 1. The summed E-state index contributed by atoms with van der Waals surface area (Å²) in [6.45, 7) is 0. The highest BCUT2D eigenvalue weighted by atomic mass is 32.2. The van der Waals surface area contributed by atoms with Gasteiger partial charge in [0.25, 0.3) is 0 Å². The second-order valence-electron chi connectivity index (χ2n) is 6.30. The van der Waals surface area contributed by atoms with Crippen LogP contribution in [0.2, 0.25) is 0 Å². The van der Waals surface area contributed by atoms with Crippen molar-refractivity contribution in [2.75, 3.05) is 7.11 Å². The molecule has 148 valence electrons. The average Bonchev–Trinajstić information content (AvgIpc) is 3.02. The first kappa shape index (κ1) is 19.2. The zero-order valence-corrected chi connectivity index (χ0v) is 16.6. The molecule has 4 rings (SSSR count). The number of Topliss-reactive ketones (excluding diaryl/α,β-unsaturated/α-hetero) is 1. The van der Waals surface area contributed by atoms with Gasteiger partial charge in [-0.3, -0.25) is 4.79 Å². The van der Waals surface area contributed by atoms with Crippen LogP contribution >= 0.6 is 0 Å². The highest BCUT2D eigenvalue weighted by molar-refractivity contribution is 7.97. The summed E-state index contributed by atoms with van der Waals surface area (Å²) in [5.41, 5.74) is 0.177. The third-order valence-corrected chi connectivity index (χ3v) is 8.31. The lowest BCUT2D eigenvalue weighted by Crippen LogP contribution is -2.04. The Hall–Kier alpha value is -3.17. The van der Waals surface area contributed by atoms with Crippen LogP contribution in [-0.2, 0) is 24.4 Å². The maximum Gasteiger partial charge on any atom is 0.211 e. The van der Waals surface area contributed by atoms with Crippen LogP contribution in [-0.4, -0.2) is 34.8 Å². The van der Waals surface area contributed by atoms with E-state index in [9.17, 15) is 26.7 Å². The zero-order chi connectivity index (χ0) is 21.0. The fourth-order valence-corrected chi connectivity index (χ4v) is 6.40. The van der Waals surface area contributed by atoms with Gasteiger partial charge in [0.05, 0.1) is 16.9 Å². The Labute approximate surface area is 167 Å². The molecule has 1 N–H and O–H groups in total. The van der Waals surface area contributed by atoms with Gasteiger partial charge in [0.1, 0.15) is 21.3 Å². The van der Waals surface area contributed by atoms with Gasteiger partial charge in [0.15, 0.2) is 0 Å². The van der Waals surface area contributed by atoms with E-state index in [0.717, 1.165) is 12.2 Å². The van der Waals surface area contributed by atoms with Gasteiger partial charge in [0.2, 0.25) is 25.5 Å². The number of fused-ring (bicyclic) bond motifs is 2. The second kappa shape index (κ2) is 6.43. The fourth-order valence-electron chi connectivity index (χ4n) is 3.24. The van der Waals surface area contributed by atoms with E-state index in [2.05, 4.69) is 0 Å². The number of aliphatic hydroxyl groups is 1. The molecule has 2 aliphatic heterocycles. The van der Waals surface area contributed by atoms with Crippen LogP contribution in [0, 0.1) is 0 Å². The van der Waals surface area contributed by atoms with Gasteiger partial charge < -0.3 is 9.84 Å². The third-order valence-electron chi connectivity index (χ3n) is 4.67. The van der Waals surface area contributed by atoms with Gasteiger partial charge in [0, 0.05) is 23.3 Å². The number of ketones is 1. The fraction of sp³-hybridized carbons (Fsp3) is 0.0500. The minimum Gasteiger partial charge on any atom is -0.506 e. The lowest BCUT2D eigenvalue weighted by atomic mass is 10.1. The van der Waals surface area contributed by atoms with Crippen molar-refractivity contribution in [3.05, 3.63) is 87.4 Å². The maximum absolute atomic E-state index is 12.7. The minimum absolute atomic E-state index is 0.0390. The molecule has 0 fully saturated rings. The second-order valence-corrected chi connectivity index (χ2v) is 10.1. The Bertz CT molecular complexity index is 1380.